The Morgan fingerprint density at radius 1 is 1.39 bits per heavy atom. The predicted molar refractivity (Wildman–Crippen MR) is 69.3 cm³/mol. The van der Waals surface area contributed by atoms with Crippen LogP contribution in [0.2, 0.25) is 0 Å². The monoisotopic (exact) mass is 250 g/mol. The lowest BCUT2D eigenvalue weighted by Crippen LogP contribution is -2.44. The topological polar surface area (TPSA) is 80.9 Å². The average Bonchev–Trinajstić information content (AvgIpc) is 2.81. The van der Waals surface area contributed by atoms with E-state index in [1.807, 2.05) is 32.0 Å². The van der Waals surface area contributed by atoms with E-state index >= 15 is 0 Å². The number of hydrogen-bond acceptors (Lipinski definition) is 4. The van der Waals surface area contributed by atoms with E-state index in [9.17, 15) is 0 Å². The first-order valence-corrected chi connectivity index (χ1v) is 5.85. The first kappa shape index (κ1) is 12.5. The maximum atomic E-state index is 5.39. The first-order chi connectivity index (χ1) is 8.69. The third kappa shape index (κ3) is 3.04. The Balaban J connectivity index is 2.02. The molecule has 0 saturated carbocycles. The number of nitrogens with two attached hydrogens (primary N) is 1. The lowest BCUT2D eigenvalue weighted by molar-refractivity contribution is 0.174. The number of hydrazine groups is 1. The summed E-state index contributed by atoms with van der Waals surface area (Å²) < 4.78 is 10.6. The van der Waals surface area contributed by atoms with Gasteiger partial charge in [-0.05, 0) is 31.5 Å². The van der Waals surface area contributed by atoms with Crippen molar-refractivity contribution in [2.45, 2.75) is 26.4 Å². The quantitative estimate of drug-likeness (QED) is 0.319. The minimum absolute atomic E-state index is 0.275. The summed E-state index contributed by atoms with van der Waals surface area (Å²) in [6.07, 6.45) is 0. The van der Waals surface area contributed by atoms with E-state index in [2.05, 4.69) is 15.7 Å². The number of ether oxygens (including phenoxy) is 2. The molecular formula is C12H18N4O2. The van der Waals surface area contributed by atoms with Crippen LogP contribution < -0.4 is 26.1 Å². The van der Waals surface area contributed by atoms with E-state index in [-0.39, 0.29) is 12.8 Å². The van der Waals surface area contributed by atoms with Gasteiger partial charge in [0.15, 0.2) is 11.5 Å². The molecule has 98 valence electrons. The summed E-state index contributed by atoms with van der Waals surface area (Å²) >= 11 is 0. The molecule has 1 aromatic rings. The van der Waals surface area contributed by atoms with Gasteiger partial charge in [0.25, 0.3) is 0 Å². The molecule has 18 heavy (non-hydrogen) atoms. The van der Waals surface area contributed by atoms with Crippen LogP contribution in [-0.4, -0.2) is 18.8 Å². The summed E-state index contributed by atoms with van der Waals surface area (Å²) in [5.74, 6) is 7.50. The normalized spacial score (nSPS) is 13.9. The highest BCUT2D eigenvalue weighted by atomic mass is 16.7. The predicted octanol–water partition coefficient (Wildman–Crippen LogP) is 0.733. The average molecular weight is 250 g/mol. The van der Waals surface area contributed by atoms with Gasteiger partial charge < -0.3 is 14.8 Å². The van der Waals surface area contributed by atoms with Crippen LogP contribution in [0.5, 0.6) is 11.5 Å². The highest BCUT2D eigenvalue weighted by molar-refractivity contribution is 5.79. The zero-order chi connectivity index (χ0) is 13.0. The smallest absolute Gasteiger partial charge is 0.231 e. The molecular weight excluding hydrogens is 232 g/mol. The lowest BCUT2D eigenvalue weighted by Gasteiger charge is -2.11. The van der Waals surface area contributed by atoms with Crippen LogP contribution in [0.4, 0.5) is 0 Å². The van der Waals surface area contributed by atoms with Crippen LogP contribution in [0.15, 0.2) is 23.2 Å². The number of benzene rings is 1. The molecule has 2 rings (SSSR count). The molecule has 0 aromatic heterocycles. The molecule has 0 fully saturated rings. The van der Waals surface area contributed by atoms with Crippen molar-refractivity contribution in [2.75, 3.05) is 6.79 Å². The zero-order valence-corrected chi connectivity index (χ0v) is 10.6. The van der Waals surface area contributed by atoms with Crippen molar-refractivity contribution in [3.05, 3.63) is 23.8 Å². The highest BCUT2D eigenvalue weighted by Gasteiger charge is 2.12. The number of rotatable bonds is 3. The summed E-state index contributed by atoms with van der Waals surface area (Å²) in [7, 11) is 0. The molecule has 0 atom stereocenters. The number of hydrogen-bond donors (Lipinski definition) is 3. The Kier molecular flexibility index (Phi) is 3.88. The summed E-state index contributed by atoms with van der Waals surface area (Å²) in [5.41, 5.74) is 3.58. The second kappa shape index (κ2) is 5.59. The second-order valence-corrected chi connectivity index (χ2v) is 4.30. The van der Waals surface area contributed by atoms with Crippen LogP contribution in [0, 0.1) is 0 Å². The highest BCUT2D eigenvalue weighted by Crippen LogP contribution is 2.32. The summed E-state index contributed by atoms with van der Waals surface area (Å²) in [6.45, 7) is 4.85. The Labute approximate surface area is 106 Å². The zero-order valence-electron chi connectivity index (χ0n) is 10.6. The second-order valence-electron chi connectivity index (χ2n) is 4.30. The van der Waals surface area contributed by atoms with Crippen LogP contribution in [0.3, 0.4) is 0 Å². The molecule has 6 nitrogen and oxygen atoms in total. The van der Waals surface area contributed by atoms with Crippen molar-refractivity contribution in [3.63, 3.8) is 0 Å². The fourth-order valence-corrected chi connectivity index (χ4v) is 1.62. The summed E-state index contributed by atoms with van der Waals surface area (Å²) in [5, 5.41) is 3.11. The van der Waals surface area contributed by atoms with E-state index in [4.69, 9.17) is 15.3 Å². The molecule has 0 saturated heterocycles. The molecule has 0 aliphatic carbocycles. The van der Waals surface area contributed by atoms with Gasteiger partial charge in [-0.3, -0.25) is 5.43 Å². The third-order valence-corrected chi connectivity index (χ3v) is 2.42. The SMILES string of the molecule is CC(C)NC(=NCc1ccc2c(c1)OCO2)NN. The maximum absolute atomic E-state index is 5.39. The molecule has 0 radical (unpaired) electrons. The summed E-state index contributed by atoms with van der Waals surface area (Å²) in [4.78, 5) is 4.35. The Morgan fingerprint density at radius 3 is 2.89 bits per heavy atom. The maximum Gasteiger partial charge on any atom is 0.231 e. The van der Waals surface area contributed by atoms with Gasteiger partial charge in [-0.2, -0.15) is 0 Å². The molecule has 0 spiro atoms. The lowest BCUT2D eigenvalue weighted by atomic mass is 10.2. The van der Waals surface area contributed by atoms with Crippen LogP contribution >= 0.6 is 0 Å². The van der Waals surface area contributed by atoms with E-state index in [1.54, 1.807) is 0 Å². The minimum atomic E-state index is 0.275. The van der Waals surface area contributed by atoms with Crippen molar-refractivity contribution < 1.29 is 9.47 Å². The molecule has 4 N–H and O–H groups in total. The van der Waals surface area contributed by atoms with Gasteiger partial charge in [0.2, 0.25) is 12.8 Å². The van der Waals surface area contributed by atoms with Gasteiger partial charge in [-0.15, -0.1) is 0 Å². The van der Waals surface area contributed by atoms with Crippen molar-refractivity contribution in [1.29, 1.82) is 0 Å². The van der Waals surface area contributed by atoms with Crippen molar-refractivity contribution >= 4 is 5.96 Å². The van der Waals surface area contributed by atoms with Crippen molar-refractivity contribution in [1.82, 2.24) is 10.7 Å². The minimum Gasteiger partial charge on any atom is -0.454 e. The van der Waals surface area contributed by atoms with Gasteiger partial charge >= 0.3 is 0 Å². The van der Waals surface area contributed by atoms with Gasteiger partial charge in [-0.1, -0.05) is 6.07 Å². The van der Waals surface area contributed by atoms with Crippen molar-refractivity contribution in [2.24, 2.45) is 10.8 Å². The largest absolute Gasteiger partial charge is 0.454 e. The molecule has 1 aromatic carbocycles. The Morgan fingerprint density at radius 2 is 2.17 bits per heavy atom. The molecule has 0 amide bonds. The first-order valence-electron chi connectivity index (χ1n) is 5.85. The van der Waals surface area contributed by atoms with Gasteiger partial charge in [0.1, 0.15) is 0 Å². The van der Waals surface area contributed by atoms with Crippen molar-refractivity contribution in [3.8, 4) is 11.5 Å². The van der Waals surface area contributed by atoms with Gasteiger partial charge in [-0.25, -0.2) is 10.8 Å². The molecule has 0 unspecified atom stereocenters. The number of aliphatic imine (C=N–C) groups is 1. The molecule has 1 heterocycles. The van der Waals surface area contributed by atoms with E-state index in [0.717, 1.165) is 17.1 Å². The number of guanidine groups is 1. The van der Waals surface area contributed by atoms with Crippen LogP contribution in [0.1, 0.15) is 19.4 Å². The Bertz CT molecular complexity index is 446. The third-order valence-electron chi connectivity index (χ3n) is 2.42. The van der Waals surface area contributed by atoms with Gasteiger partial charge in [0, 0.05) is 6.04 Å². The number of nitrogens with zero attached hydrogens (tertiary/aromatic N) is 1. The Hall–Kier alpha value is -1.95. The fraction of sp³-hybridized carbons (Fsp3) is 0.417. The number of fused-ring (bicyclic) bond motifs is 1. The van der Waals surface area contributed by atoms with E-state index in [0.29, 0.717) is 12.5 Å². The standard InChI is InChI=1S/C12H18N4O2/c1-8(2)15-12(16-13)14-6-9-3-4-10-11(5-9)18-7-17-10/h3-5,8H,6-7,13H2,1-2H3,(H2,14,15,16). The van der Waals surface area contributed by atoms with Gasteiger partial charge in [0.05, 0.1) is 6.54 Å². The number of nitrogens with one attached hydrogen (secondary N) is 2. The molecule has 1 aliphatic heterocycles. The molecule has 0 bridgehead atoms. The summed E-state index contributed by atoms with van der Waals surface area (Å²) in [6, 6.07) is 6.05. The van der Waals surface area contributed by atoms with Crippen LogP contribution in [0.25, 0.3) is 0 Å². The molecule has 1 aliphatic rings. The fourth-order valence-electron chi connectivity index (χ4n) is 1.62. The van der Waals surface area contributed by atoms with E-state index < -0.39 is 0 Å². The molecule has 6 heteroatoms. The van der Waals surface area contributed by atoms with Crippen LogP contribution in [-0.2, 0) is 6.54 Å². The van der Waals surface area contributed by atoms with E-state index in [1.165, 1.54) is 0 Å².